The van der Waals surface area contributed by atoms with Gasteiger partial charge in [-0.1, -0.05) is 13.8 Å². The van der Waals surface area contributed by atoms with E-state index >= 15 is 0 Å². The van der Waals surface area contributed by atoms with Crippen LogP contribution >= 0.6 is 0 Å². The highest BCUT2D eigenvalue weighted by molar-refractivity contribution is 5.78. The van der Waals surface area contributed by atoms with E-state index < -0.39 is 0 Å². The molecule has 0 bridgehead atoms. The molecule has 0 atom stereocenters. The Morgan fingerprint density at radius 3 is 2.72 bits per heavy atom. The standard InChI is InChI=1S/C14H21N3O/c1-14(2)6-3-12(4-7-14)13(18)15-9-11-5-8-16-17-10-11/h5,8,10,12H,3-4,6-7,9H2,1-2H3,(H,15,18). The summed E-state index contributed by atoms with van der Waals surface area (Å²) < 4.78 is 0. The average Bonchev–Trinajstić information content (AvgIpc) is 2.37. The lowest BCUT2D eigenvalue weighted by molar-refractivity contribution is -0.126. The van der Waals surface area contributed by atoms with Gasteiger partial charge in [-0.2, -0.15) is 10.2 Å². The van der Waals surface area contributed by atoms with Crippen molar-refractivity contribution in [2.24, 2.45) is 11.3 Å². The van der Waals surface area contributed by atoms with Crippen LogP contribution in [0.25, 0.3) is 0 Å². The molecule has 2 rings (SSSR count). The molecule has 4 heteroatoms. The first-order valence-corrected chi connectivity index (χ1v) is 6.60. The normalized spacial score (nSPS) is 19.4. The third-order valence-corrected chi connectivity index (χ3v) is 3.82. The molecule has 1 aliphatic rings. The molecule has 1 aromatic heterocycles. The molecule has 98 valence electrons. The van der Waals surface area contributed by atoms with Crippen molar-refractivity contribution in [3.63, 3.8) is 0 Å². The number of amides is 1. The summed E-state index contributed by atoms with van der Waals surface area (Å²) in [5, 5.41) is 10.5. The van der Waals surface area contributed by atoms with Crippen LogP contribution in [0.4, 0.5) is 0 Å². The summed E-state index contributed by atoms with van der Waals surface area (Å²) in [4.78, 5) is 12.0. The fourth-order valence-electron chi connectivity index (χ4n) is 2.42. The minimum Gasteiger partial charge on any atom is -0.352 e. The number of hydrogen-bond donors (Lipinski definition) is 1. The number of nitrogens with zero attached hydrogens (tertiary/aromatic N) is 2. The van der Waals surface area contributed by atoms with Gasteiger partial charge in [-0.25, -0.2) is 0 Å². The molecule has 18 heavy (non-hydrogen) atoms. The van der Waals surface area contributed by atoms with Gasteiger partial charge >= 0.3 is 0 Å². The van der Waals surface area contributed by atoms with Crippen molar-refractivity contribution >= 4 is 5.91 Å². The number of aromatic nitrogens is 2. The maximum Gasteiger partial charge on any atom is 0.223 e. The van der Waals surface area contributed by atoms with E-state index in [1.807, 2.05) is 6.07 Å². The lowest BCUT2D eigenvalue weighted by atomic mass is 9.73. The smallest absolute Gasteiger partial charge is 0.223 e. The van der Waals surface area contributed by atoms with Gasteiger partial charge in [0.25, 0.3) is 0 Å². The topological polar surface area (TPSA) is 54.9 Å². The second kappa shape index (κ2) is 5.46. The third kappa shape index (κ3) is 3.52. The Morgan fingerprint density at radius 2 is 2.11 bits per heavy atom. The maximum atomic E-state index is 12.0. The van der Waals surface area contributed by atoms with Crippen LogP contribution in [-0.4, -0.2) is 16.1 Å². The molecule has 0 saturated heterocycles. The SMILES string of the molecule is CC1(C)CCC(C(=O)NCc2ccnnc2)CC1. The molecular weight excluding hydrogens is 226 g/mol. The van der Waals surface area contributed by atoms with E-state index in [2.05, 4.69) is 29.4 Å². The molecule has 4 nitrogen and oxygen atoms in total. The summed E-state index contributed by atoms with van der Waals surface area (Å²) in [6.07, 6.45) is 7.62. The van der Waals surface area contributed by atoms with E-state index in [0.717, 1.165) is 31.2 Å². The molecule has 1 aromatic rings. The molecule has 1 saturated carbocycles. The summed E-state index contributed by atoms with van der Waals surface area (Å²) in [6, 6.07) is 1.87. The van der Waals surface area contributed by atoms with Gasteiger partial charge in [0.15, 0.2) is 0 Å². The Morgan fingerprint density at radius 1 is 1.39 bits per heavy atom. The molecule has 0 aromatic carbocycles. The molecular formula is C14H21N3O. The fourth-order valence-corrected chi connectivity index (χ4v) is 2.42. The second-order valence-electron chi connectivity index (χ2n) is 5.91. The van der Waals surface area contributed by atoms with Crippen LogP contribution in [0.15, 0.2) is 18.5 Å². The Bertz CT molecular complexity index is 393. The van der Waals surface area contributed by atoms with E-state index in [1.54, 1.807) is 12.4 Å². The predicted molar refractivity (Wildman–Crippen MR) is 69.6 cm³/mol. The summed E-state index contributed by atoms with van der Waals surface area (Å²) in [7, 11) is 0. The fraction of sp³-hybridized carbons (Fsp3) is 0.643. The van der Waals surface area contributed by atoms with Gasteiger partial charge in [0, 0.05) is 18.7 Å². The Kier molecular flexibility index (Phi) is 3.94. The van der Waals surface area contributed by atoms with Gasteiger partial charge in [-0.3, -0.25) is 4.79 Å². The van der Waals surface area contributed by atoms with E-state index in [4.69, 9.17) is 0 Å². The zero-order valence-corrected chi connectivity index (χ0v) is 11.1. The molecule has 0 unspecified atom stereocenters. The number of carbonyl (C=O) groups is 1. The minimum absolute atomic E-state index is 0.183. The first-order chi connectivity index (χ1) is 8.57. The van der Waals surface area contributed by atoms with Crippen molar-refractivity contribution in [3.8, 4) is 0 Å². The van der Waals surface area contributed by atoms with Crippen molar-refractivity contribution in [1.82, 2.24) is 15.5 Å². The lowest BCUT2D eigenvalue weighted by Crippen LogP contribution is -2.34. The predicted octanol–water partition coefficient (Wildman–Crippen LogP) is 2.31. The van der Waals surface area contributed by atoms with E-state index in [0.29, 0.717) is 12.0 Å². The average molecular weight is 247 g/mol. The highest BCUT2D eigenvalue weighted by atomic mass is 16.1. The van der Waals surface area contributed by atoms with Gasteiger partial charge in [-0.15, -0.1) is 0 Å². The van der Waals surface area contributed by atoms with Crippen molar-refractivity contribution < 1.29 is 4.79 Å². The van der Waals surface area contributed by atoms with Gasteiger partial charge < -0.3 is 5.32 Å². The van der Waals surface area contributed by atoms with Crippen LogP contribution in [0.3, 0.4) is 0 Å². The van der Waals surface area contributed by atoms with Crippen LogP contribution in [0.2, 0.25) is 0 Å². The Labute approximate surface area is 108 Å². The number of hydrogen-bond acceptors (Lipinski definition) is 3. The highest BCUT2D eigenvalue weighted by Gasteiger charge is 2.30. The maximum absolute atomic E-state index is 12.0. The van der Waals surface area contributed by atoms with Crippen LogP contribution in [-0.2, 0) is 11.3 Å². The Hall–Kier alpha value is -1.45. The van der Waals surface area contributed by atoms with Gasteiger partial charge in [0.05, 0.1) is 6.20 Å². The van der Waals surface area contributed by atoms with E-state index in [1.165, 1.54) is 0 Å². The van der Waals surface area contributed by atoms with Crippen molar-refractivity contribution in [2.45, 2.75) is 46.1 Å². The molecule has 1 N–H and O–H groups in total. The van der Waals surface area contributed by atoms with E-state index in [-0.39, 0.29) is 11.8 Å². The van der Waals surface area contributed by atoms with Crippen LogP contribution in [0.1, 0.15) is 45.1 Å². The summed E-state index contributed by atoms with van der Waals surface area (Å²) in [5.74, 6) is 0.370. The molecule has 1 amide bonds. The summed E-state index contributed by atoms with van der Waals surface area (Å²) in [5.41, 5.74) is 1.40. The Balaban J connectivity index is 1.79. The molecule has 1 aliphatic carbocycles. The molecule has 0 radical (unpaired) electrons. The summed E-state index contributed by atoms with van der Waals surface area (Å²) >= 11 is 0. The van der Waals surface area contributed by atoms with Crippen molar-refractivity contribution in [2.75, 3.05) is 0 Å². The van der Waals surface area contributed by atoms with Gasteiger partial charge in [0.1, 0.15) is 0 Å². The molecule has 0 spiro atoms. The number of rotatable bonds is 3. The zero-order valence-electron chi connectivity index (χ0n) is 11.1. The molecule has 0 aliphatic heterocycles. The second-order valence-corrected chi connectivity index (χ2v) is 5.91. The quantitative estimate of drug-likeness (QED) is 0.891. The first kappa shape index (κ1) is 13.0. The number of carbonyl (C=O) groups excluding carboxylic acids is 1. The van der Waals surface area contributed by atoms with Crippen molar-refractivity contribution in [1.29, 1.82) is 0 Å². The third-order valence-electron chi connectivity index (χ3n) is 3.82. The minimum atomic E-state index is 0.183. The van der Waals surface area contributed by atoms with Crippen LogP contribution in [0.5, 0.6) is 0 Å². The van der Waals surface area contributed by atoms with Crippen LogP contribution in [0, 0.1) is 11.3 Å². The first-order valence-electron chi connectivity index (χ1n) is 6.60. The monoisotopic (exact) mass is 247 g/mol. The molecule has 1 heterocycles. The molecule has 1 fully saturated rings. The van der Waals surface area contributed by atoms with Gasteiger partial charge in [0.2, 0.25) is 5.91 Å². The van der Waals surface area contributed by atoms with Crippen molar-refractivity contribution in [3.05, 3.63) is 24.0 Å². The van der Waals surface area contributed by atoms with Gasteiger partial charge in [-0.05, 0) is 42.7 Å². The van der Waals surface area contributed by atoms with E-state index in [9.17, 15) is 4.79 Å². The summed E-state index contributed by atoms with van der Waals surface area (Å²) in [6.45, 7) is 5.11. The largest absolute Gasteiger partial charge is 0.352 e. The lowest BCUT2D eigenvalue weighted by Gasteiger charge is -2.33. The zero-order chi connectivity index (χ0) is 13.0. The highest BCUT2D eigenvalue weighted by Crippen LogP contribution is 2.37. The van der Waals surface area contributed by atoms with Crippen LogP contribution < -0.4 is 5.32 Å². The number of nitrogens with one attached hydrogen (secondary N) is 1.